The lowest BCUT2D eigenvalue weighted by atomic mass is 9.95. The first-order valence-corrected chi connectivity index (χ1v) is 11.2. The molecule has 1 atom stereocenters. The number of hydrogen-bond acceptors (Lipinski definition) is 4. The molecule has 31 heavy (non-hydrogen) atoms. The van der Waals surface area contributed by atoms with E-state index in [2.05, 4.69) is 24.1 Å². The van der Waals surface area contributed by atoms with Gasteiger partial charge in [-0.3, -0.25) is 9.69 Å². The van der Waals surface area contributed by atoms with Gasteiger partial charge in [0.2, 0.25) is 5.91 Å². The molecule has 0 aromatic heterocycles. The van der Waals surface area contributed by atoms with Crippen molar-refractivity contribution in [3.63, 3.8) is 0 Å². The first-order valence-electron chi connectivity index (χ1n) is 11.2. The van der Waals surface area contributed by atoms with E-state index in [-0.39, 0.29) is 30.2 Å². The van der Waals surface area contributed by atoms with Gasteiger partial charge in [-0.15, -0.1) is 0 Å². The van der Waals surface area contributed by atoms with Crippen molar-refractivity contribution < 1.29 is 18.7 Å². The van der Waals surface area contributed by atoms with E-state index in [9.17, 15) is 9.18 Å². The molecule has 1 heterocycles. The van der Waals surface area contributed by atoms with Gasteiger partial charge >= 0.3 is 0 Å². The minimum Gasteiger partial charge on any atom is -0.490 e. The number of nitrogens with one attached hydrogen (secondary N) is 1. The molecule has 166 valence electrons. The van der Waals surface area contributed by atoms with Crippen LogP contribution >= 0.6 is 0 Å². The van der Waals surface area contributed by atoms with Crippen molar-refractivity contribution in [1.82, 2.24) is 10.2 Å². The molecule has 1 N–H and O–H groups in total. The van der Waals surface area contributed by atoms with Crippen LogP contribution in [-0.2, 0) is 11.3 Å². The summed E-state index contributed by atoms with van der Waals surface area (Å²) in [4.78, 5) is 15.1. The molecule has 6 heteroatoms. The fourth-order valence-electron chi connectivity index (χ4n) is 4.01. The summed E-state index contributed by atoms with van der Waals surface area (Å²) in [5.41, 5.74) is 1.63. The van der Waals surface area contributed by atoms with Gasteiger partial charge in [0.15, 0.2) is 11.5 Å². The molecule has 4 rings (SSSR count). The summed E-state index contributed by atoms with van der Waals surface area (Å²) in [5.74, 6) is 1.42. The van der Waals surface area contributed by atoms with Gasteiger partial charge in [-0.2, -0.15) is 0 Å². The Balaban J connectivity index is 1.44. The number of rotatable bonds is 8. The molecular formula is C25H31FN2O3. The molecule has 1 aliphatic heterocycles. The number of carbonyl (C=O) groups excluding carboxylic acids is 1. The van der Waals surface area contributed by atoms with Crippen LogP contribution in [0.1, 0.15) is 50.3 Å². The normalized spacial score (nSPS) is 16.8. The maximum Gasteiger partial charge on any atom is 0.234 e. The Bertz CT molecular complexity index is 913. The van der Waals surface area contributed by atoms with Gasteiger partial charge in [0.25, 0.3) is 0 Å². The van der Waals surface area contributed by atoms with E-state index in [0.717, 1.165) is 36.3 Å². The Morgan fingerprint density at radius 1 is 1.13 bits per heavy atom. The van der Waals surface area contributed by atoms with Crippen molar-refractivity contribution in [1.29, 1.82) is 0 Å². The first-order chi connectivity index (χ1) is 15.0. The van der Waals surface area contributed by atoms with Crippen LogP contribution in [-0.4, -0.2) is 36.6 Å². The third-order valence-electron chi connectivity index (χ3n) is 5.86. The van der Waals surface area contributed by atoms with E-state index < -0.39 is 0 Å². The summed E-state index contributed by atoms with van der Waals surface area (Å²) in [7, 11) is 0. The van der Waals surface area contributed by atoms with Crippen molar-refractivity contribution in [2.45, 2.75) is 51.7 Å². The van der Waals surface area contributed by atoms with E-state index in [4.69, 9.17) is 9.47 Å². The summed E-state index contributed by atoms with van der Waals surface area (Å²) in [6.45, 7) is 6.16. The van der Waals surface area contributed by atoms with E-state index in [0.29, 0.717) is 31.4 Å². The van der Waals surface area contributed by atoms with Crippen LogP contribution in [0.3, 0.4) is 0 Å². The minimum atomic E-state index is -0.221. The molecule has 1 amide bonds. The number of halogens is 1. The third-order valence-corrected chi connectivity index (χ3v) is 5.86. The molecule has 2 aliphatic rings. The van der Waals surface area contributed by atoms with Gasteiger partial charge in [0, 0.05) is 24.6 Å². The van der Waals surface area contributed by atoms with E-state index >= 15 is 0 Å². The quantitative estimate of drug-likeness (QED) is 0.677. The molecule has 2 aromatic rings. The Morgan fingerprint density at radius 2 is 1.87 bits per heavy atom. The Kier molecular flexibility index (Phi) is 6.76. The van der Waals surface area contributed by atoms with Crippen molar-refractivity contribution >= 4 is 5.91 Å². The number of benzene rings is 2. The topological polar surface area (TPSA) is 50.8 Å². The largest absolute Gasteiger partial charge is 0.490 e. The van der Waals surface area contributed by atoms with Gasteiger partial charge in [-0.05, 0) is 42.5 Å². The minimum absolute atomic E-state index is 0.0472. The summed E-state index contributed by atoms with van der Waals surface area (Å²) in [5, 5.41) is 3.20. The molecule has 1 fully saturated rings. The lowest BCUT2D eigenvalue weighted by Gasteiger charge is -2.27. The average Bonchev–Trinajstić information content (AvgIpc) is 3.59. The Morgan fingerprint density at radius 3 is 2.58 bits per heavy atom. The Labute approximate surface area is 183 Å². The maximum atomic E-state index is 14.1. The van der Waals surface area contributed by atoms with E-state index in [1.54, 1.807) is 12.1 Å². The highest BCUT2D eigenvalue weighted by molar-refractivity contribution is 5.78. The summed E-state index contributed by atoms with van der Waals surface area (Å²) in [6, 6.07) is 12.9. The van der Waals surface area contributed by atoms with Crippen LogP contribution in [0.25, 0.3) is 0 Å². The number of carbonyl (C=O) groups is 1. The lowest BCUT2D eigenvalue weighted by Crippen LogP contribution is -2.41. The van der Waals surface area contributed by atoms with Gasteiger partial charge in [-0.25, -0.2) is 4.39 Å². The molecule has 5 nitrogen and oxygen atoms in total. The predicted molar refractivity (Wildman–Crippen MR) is 118 cm³/mol. The number of amides is 1. The second-order valence-electron chi connectivity index (χ2n) is 8.77. The average molecular weight is 427 g/mol. The molecule has 0 bridgehead atoms. The van der Waals surface area contributed by atoms with E-state index in [1.165, 1.54) is 6.07 Å². The van der Waals surface area contributed by atoms with Crippen LogP contribution in [0, 0.1) is 11.7 Å². The molecule has 0 radical (unpaired) electrons. The fraction of sp³-hybridized carbons (Fsp3) is 0.480. The second kappa shape index (κ2) is 9.69. The predicted octanol–water partition coefficient (Wildman–Crippen LogP) is 4.46. The third kappa shape index (κ3) is 5.56. The highest BCUT2D eigenvalue weighted by atomic mass is 19.1. The van der Waals surface area contributed by atoms with Crippen molar-refractivity contribution in [2.75, 3.05) is 19.8 Å². The van der Waals surface area contributed by atoms with Crippen LogP contribution in [0.4, 0.5) is 4.39 Å². The second-order valence-corrected chi connectivity index (χ2v) is 8.77. The van der Waals surface area contributed by atoms with Crippen molar-refractivity contribution in [2.24, 2.45) is 5.92 Å². The Hall–Kier alpha value is -2.60. The standard InChI is InChI=1S/C25H31FN2O3/c1-17(2)25(18-8-11-22-23(14-18)31-13-5-12-30-22)27-24(29)16-28(20-9-10-20)15-19-6-3-4-7-21(19)26/h3-4,6-8,11,14,17,20,25H,5,9-10,12-13,15-16H2,1-2H3,(H,27,29). The van der Waals surface area contributed by atoms with Gasteiger partial charge in [0.1, 0.15) is 5.82 Å². The lowest BCUT2D eigenvalue weighted by molar-refractivity contribution is -0.123. The first kappa shape index (κ1) is 21.6. The summed E-state index contributed by atoms with van der Waals surface area (Å²) < 4.78 is 25.7. The molecule has 1 aliphatic carbocycles. The van der Waals surface area contributed by atoms with Crippen molar-refractivity contribution in [3.05, 3.63) is 59.4 Å². The van der Waals surface area contributed by atoms with Gasteiger partial charge in [0.05, 0.1) is 25.8 Å². The molecule has 1 saturated carbocycles. The van der Waals surface area contributed by atoms with Gasteiger partial charge < -0.3 is 14.8 Å². The van der Waals surface area contributed by atoms with Gasteiger partial charge in [-0.1, -0.05) is 38.1 Å². The number of nitrogens with zero attached hydrogens (tertiary/aromatic N) is 1. The van der Waals surface area contributed by atoms with Crippen LogP contribution in [0.15, 0.2) is 42.5 Å². The zero-order chi connectivity index (χ0) is 21.8. The highest BCUT2D eigenvalue weighted by Crippen LogP contribution is 2.34. The monoisotopic (exact) mass is 426 g/mol. The fourth-order valence-corrected chi connectivity index (χ4v) is 4.01. The van der Waals surface area contributed by atoms with Crippen LogP contribution < -0.4 is 14.8 Å². The van der Waals surface area contributed by atoms with E-state index in [1.807, 2.05) is 24.3 Å². The highest BCUT2D eigenvalue weighted by Gasteiger charge is 2.31. The summed E-state index contributed by atoms with van der Waals surface area (Å²) in [6.07, 6.45) is 2.96. The molecular weight excluding hydrogens is 395 g/mol. The number of ether oxygens (including phenoxy) is 2. The molecule has 0 spiro atoms. The zero-order valence-corrected chi connectivity index (χ0v) is 18.3. The smallest absolute Gasteiger partial charge is 0.234 e. The zero-order valence-electron chi connectivity index (χ0n) is 18.3. The number of fused-ring (bicyclic) bond motifs is 1. The van der Waals surface area contributed by atoms with Crippen LogP contribution in [0.5, 0.6) is 11.5 Å². The van der Waals surface area contributed by atoms with Crippen LogP contribution in [0.2, 0.25) is 0 Å². The maximum absolute atomic E-state index is 14.1. The number of hydrogen-bond donors (Lipinski definition) is 1. The molecule has 2 aromatic carbocycles. The SMILES string of the molecule is CC(C)C(NC(=O)CN(Cc1ccccc1F)C1CC1)c1ccc2c(c1)OCCCO2. The molecule has 0 saturated heterocycles. The summed E-state index contributed by atoms with van der Waals surface area (Å²) >= 11 is 0. The molecule has 1 unspecified atom stereocenters. The van der Waals surface area contributed by atoms with Crippen molar-refractivity contribution in [3.8, 4) is 11.5 Å².